The molecule has 0 aliphatic carbocycles. The van der Waals surface area contributed by atoms with Crippen LogP contribution in [0.5, 0.6) is 11.8 Å². The van der Waals surface area contributed by atoms with Crippen LogP contribution in [0.1, 0.15) is 18.1 Å². The Hall–Kier alpha value is -3.61. The van der Waals surface area contributed by atoms with Crippen LogP contribution in [0.4, 0.5) is 4.79 Å². The van der Waals surface area contributed by atoms with Crippen molar-refractivity contribution < 1.29 is 38.8 Å². The van der Waals surface area contributed by atoms with Crippen LogP contribution >= 0.6 is 0 Å². The molecule has 0 saturated carbocycles. The molecule has 5 atom stereocenters. The van der Waals surface area contributed by atoms with Crippen molar-refractivity contribution in [2.45, 2.75) is 50.6 Å². The Balaban J connectivity index is 1.49. The summed E-state index contributed by atoms with van der Waals surface area (Å²) in [4.78, 5) is 17.2. The van der Waals surface area contributed by atoms with E-state index in [1.807, 2.05) is 67.6 Å². The van der Waals surface area contributed by atoms with Crippen molar-refractivity contribution >= 4 is 6.16 Å². The lowest BCUT2D eigenvalue weighted by Crippen LogP contribution is -2.65. The van der Waals surface area contributed by atoms with Gasteiger partial charge in [-0.15, -0.1) is 4.73 Å². The molecule has 5 N–H and O–H groups in total. The number of carbonyl (C=O) groups is 1. The molecule has 0 amide bonds. The molecule has 1 aliphatic heterocycles. The fourth-order valence-corrected chi connectivity index (χ4v) is 4.17. The van der Waals surface area contributed by atoms with Crippen LogP contribution in [0, 0.1) is 0 Å². The van der Waals surface area contributed by atoms with Crippen LogP contribution in [0.25, 0.3) is 0 Å². The number of hydrazine groups is 1. The fraction of sp³-hybridized carbons (Fsp3) is 0.346. The molecular weight excluding hydrogens is 482 g/mol. The lowest BCUT2D eigenvalue weighted by Gasteiger charge is -2.45. The Kier molecular flexibility index (Phi) is 8.99. The molecule has 0 radical (unpaired) electrons. The van der Waals surface area contributed by atoms with E-state index in [9.17, 15) is 15.0 Å². The Morgan fingerprint density at radius 2 is 1.46 bits per heavy atom. The number of benzene rings is 2. The molecule has 4 rings (SSSR count). The number of carbonyl (C=O) groups excluding carboxylic acids is 1. The number of hydrogen-bond donors (Lipinski definition) is 4. The van der Waals surface area contributed by atoms with Crippen molar-refractivity contribution in [1.82, 2.24) is 10.2 Å². The number of hydrogen-bond acceptors (Lipinski definition) is 10. The molecule has 1 fully saturated rings. The highest BCUT2D eigenvalue weighted by Gasteiger charge is 2.46. The first-order chi connectivity index (χ1) is 18.0. The summed E-state index contributed by atoms with van der Waals surface area (Å²) in [5.41, 5.74) is 4.69. The lowest BCUT2D eigenvalue weighted by atomic mass is 9.93. The summed E-state index contributed by atoms with van der Waals surface area (Å²) in [7, 11) is 0. The number of ether oxygens (including phenoxy) is 4. The maximum Gasteiger partial charge on any atom is 0.534 e. The van der Waals surface area contributed by atoms with Crippen molar-refractivity contribution in [3.8, 4) is 11.8 Å². The second-order valence-corrected chi connectivity index (χ2v) is 8.59. The van der Waals surface area contributed by atoms with Gasteiger partial charge >= 0.3 is 6.16 Å². The average molecular weight is 514 g/mol. The monoisotopic (exact) mass is 513 g/mol. The first-order valence-electron chi connectivity index (χ1n) is 11.8. The van der Waals surface area contributed by atoms with Gasteiger partial charge in [-0.1, -0.05) is 60.7 Å². The summed E-state index contributed by atoms with van der Waals surface area (Å²) in [5, 5.41) is 19.4. The highest BCUT2D eigenvalue weighted by atomic mass is 16.8. The summed E-state index contributed by atoms with van der Waals surface area (Å²) in [6.07, 6.45) is -3.53. The van der Waals surface area contributed by atoms with Gasteiger partial charge in [-0.3, -0.25) is 16.1 Å². The molecule has 0 spiro atoms. The predicted octanol–water partition coefficient (Wildman–Crippen LogP) is 2.25. The van der Waals surface area contributed by atoms with Gasteiger partial charge in [0.25, 0.3) is 0 Å². The SMILES string of the molecule is CC1OC(COC(=O)On2c(O)ccc2O)C(OCc2ccccc2)C(OCc2ccccc2)C1NN. The molecule has 11 nitrogen and oxygen atoms in total. The zero-order valence-electron chi connectivity index (χ0n) is 20.3. The summed E-state index contributed by atoms with van der Waals surface area (Å²) >= 11 is 0. The van der Waals surface area contributed by atoms with Gasteiger partial charge in [0.05, 0.1) is 25.4 Å². The smallest absolute Gasteiger partial charge is 0.492 e. The molecule has 0 bridgehead atoms. The van der Waals surface area contributed by atoms with Crippen molar-refractivity contribution in [2.24, 2.45) is 5.84 Å². The molecule has 5 unspecified atom stereocenters. The third-order valence-corrected chi connectivity index (χ3v) is 6.03. The highest BCUT2D eigenvalue weighted by molar-refractivity contribution is 5.60. The largest absolute Gasteiger partial charge is 0.534 e. The maximum atomic E-state index is 12.3. The summed E-state index contributed by atoms with van der Waals surface area (Å²) in [5.74, 6) is 4.94. The Bertz CT molecular complexity index is 1110. The summed E-state index contributed by atoms with van der Waals surface area (Å²) in [6, 6.07) is 21.2. The number of aromatic nitrogens is 1. The lowest BCUT2D eigenvalue weighted by molar-refractivity contribution is -0.226. The topological polar surface area (TPSA) is 147 Å². The van der Waals surface area contributed by atoms with E-state index in [4.69, 9.17) is 29.6 Å². The van der Waals surface area contributed by atoms with Gasteiger partial charge in [-0.25, -0.2) is 4.79 Å². The first kappa shape index (κ1) is 26.5. The molecule has 1 saturated heterocycles. The van der Waals surface area contributed by atoms with E-state index in [-0.39, 0.29) is 13.2 Å². The molecule has 11 heteroatoms. The molecule has 2 heterocycles. The third kappa shape index (κ3) is 6.79. The van der Waals surface area contributed by atoms with Crippen LogP contribution in [-0.2, 0) is 32.2 Å². The maximum absolute atomic E-state index is 12.3. The van der Waals surface area contributed by atoms with E-state index in [1.54, 1.807) is 0 Å². The molecule has 198 valence electrons. The van der Waals surface area contributed by atoms with E-state index in [0.717, 1.165) is 23.3 Å². The Labute approximate surface area is 214 Å². The summed E-state index contributed by atoms with van der Waals surface area (Å²) in [6.45, 7) is 2.16. The minimum atomic E-state index is -1.15. The fourth-order valence-electron chi connectivity index (χ4n) is 4.17. The molecule has 1 aromatic heterocycles. The van der Waals surface area contributed by atoms with Crippen LogP contribution < -0.4 is 16.1 Å². The van der Waals surface area contributed by atoms with Gasteiger partial charge < -0.3 is 29.2 Å². The molecular formula is C26H31N3O8. The van der Waals surface area contributed by atoms with Crippen molar-refractivity contribution in [3.63, 3.8) is 0 Å². The number of aromatic hydroxyl groups is 2. The average Bonchev–Trinajstić information content (AvgIpc) is 3.23. The van der Waals surface area contributed by atoms with E-state index in [1.165, 1.54) is 0 Å². The second kappa shape index (κ2) is 12.6. The number of nitrogens with two attached hydrogens (primary N) is 1. The van der Waals surface area contributed by atoms with E-state index < -0.39 is 48.4 Å². The second-order valence-electron chi connectivity index (χ2n) is 8.59. The van der Waals surface area contributed by atoms with Gasteiger partial charge in [0.1, 0.15) is 24.9 Å². The van der Waals surface area contributed by atoms with Crippen molar-refractivity contribution in [1.29, 1.82) is 0 Å². The van der Waals surface area contributed by atoms with Crippen molar-refractivity contribution in [3.05, 3.63) is 83.9 Å². The van der Waals surface area contributed by atoms with Gasteiger partial charge in [0, 0.05) is 12.1 Å². The van der Waals surface area contributed by atoms with Gasteiger partial charge in [-0.05, 0) is 18.1 Å². The normalized spacial score (nSPS) is 23.5. The zero-order valence-corrected chi connectivity index (χ0v) is 20.3. The van der Waals surface area contributed by atoms with Gasteiger partial charge in [0.2, 0.25) is 11.8 Å². The number of nitrogens with zero attached hydrogens (tertiary/aromatic N) is 1. The Morgan fingerprint density at radius 1 is 0.919 bits per heavy atom. The third-order valence-electron chi connectivity index (χ3n) is 6.03. The van der Waals surface area contributed by atoms with Crippen LogP contribution in [0.2, 0.25) is 0 Å². The quantitative estimate of drug-likeness (QED) is 0.181. The predicted molar refractivity (Wildman–Crippen MR) is 131 cm³/mol. The summed E-state index contributed by atoms with van der Waals surface area (Å²) < 4.78 is 24.5. The van der Waals surface area contributed by atoms with E-state index >= 15 is 0 Å². The highest BCUT2D eigenvalue weighted by Crippen LogP contribution is 2.28. The molecule has 1 aliphatic rings. The molecule has 2 aromatic carbocycles. The number of nitrogens with one attached hydrogen (secondary N) is 1. The van der Waals surface area contributed by atoms with Crippen LogP contribution in [0.15, 0.2) is 72.8 Å². The van der Waals surface area contributed by atoms with Crippen LogP contribution in [0.3, 0.4) is 0 Å². The van der Waals surface area contributed by atoms with Crippen LogP contribution in [-0.4, -0.2) is 58.2 Å². The minimum absolute atomic E-state index is 0.242. The van der Waals surface area contributed by atoms with E-state index in [2.05, 4.69) is 5.43 Å². The minimum Gasteiger partial charge on any atom is -0.492 e. The van der Waals surface area contributed by atoms with Crippen molar-refractivity contribution in [2.75, 3.05) is 6.61 Å². The standard InChI is InChI=1S/C26H31N3O8/c1-17-23(28-27)25(34-15-19-10-6-3-7-11-19)24(33-14-18-8-4-2-5-9-18)20(36-17)16-35-26(32)37-29-21(30)12-13-22(29)31/h2-13,17,20,23-25,28,30-31H,14-16,27H2,1H3. The number of rotatable bonds is 10. The van der Waals surface area contributed by atoms with Gasteiger partial charge in [-0.2, -0.15) is 0 Å². The molecule has 3 aromatic rings. The van der Waals surface area contributed by atoms with E-state index in [0.29, 0.717) is 11.3 Å². The first-order valence-corrected chi connectivity index (χ1v) is 11.8. The molecule has 37 heavy (non-hydrogen) atoms. The Morgan fingerprint density at radius 3 is 2.00 bits per heavy atom. The zero-order chi connectivity index (χ0) is 26.2. The van der Waals surface area contributed by atoms with Gasteiger partial charge in [0.15, 0.2) is 0 Å².